The van der Waals surface area contributed by atoms with E-state index in [2.05, 4.69) is 0 Å². The predicted octanol–water partition coefficient (Wildman–Crippen LogP) is 0.0165. The zero-order chi connectivity index (χ0) is 5.86. The molecule has 0 aromatic carbocycles. The molecule has 0 aliphatic rings. The summed E-state index contributed by atoms with van der Waals surface area (Å²) in [6.07, 6.45) is 0. The van der Waals surface area contributed by atoms with Gasteiger partial charge in [0.05, 0.1) is 0 Å². The van der Waals surface area contributed by atoms with E-state index in [9.17, 15) is 10.1 Å². The van der Waals surface area contributed by atoms with Gasteiger partial charge in [0.15, 0.2) is 4.11 Å². The number of halogens is 1. The van der Waals surface area contributed by atoms with Crippen LogP contribution in [0.1, 0.15) is 0 Å². The summed E-state index contributed by atoms with van der Waals surface area (Å²) in [5, 5.41) is 17.7. The van der Waals surface area contributed by atoms with Crippen molar-refractivity contribution in [3.8, 4) is 0 Å². The van der Waals surface area contributed by atoms with Gasteiger partial charge < -0.3 is 5.11 Å². The summed E-state index contributed by atoms with van der Waals surface area (Å²) >= 11 is 1.57. The zero-order valence-corrected chi connectivity index (χ0v) is 5.53. The Morgan fingerprint density at radius 1 is 2.00 bits per heavy atom. The molecule has 1 N–H and O–H groups in total. The predicted molar refractivity (Wildman–Crippen MR) is 31.9 cm³/mol. The first-order chi connectivity index (χ1) is 3.13. The molecule has 1 atom stereocenters. The number of aliphatic hydroxyl groups excluding tert-OH is 1. The lowest BCUT2D eigenvalue weighted by atomic mass is 10.7. The first-order valence-electron chi connectivity index (χ1n) is 1.57. The van der Waals surface area contributed by atoms with Gasteiger partial charge in [-0.15, -0.1) is 0 Å². The Kier molecular flexibility index (Phi) is 3.18. The average molecular weight is 217 g/mol. The van der Waals surface area contributed by atoms with E-state index in [-0.39, 0.29) is 6.54 Å². The molecule has 0 heterocycles. The Morgan fingerprint density at radius 3 is 2.43 bits per heavy atom. The van der Waals surface area contributed by atoms with Crippen LogP contribution in [0.2, 0.25) is 0 Å². The molecule has 42 valence electrons. The molecule has 0 saturated heterocycles. The molecule has 0 amide bonds. The maximum atomic E-state index is 9.45. The van der Waals surface area contributed by atoms with Crippen LogP contribution in [-0.2, 0) is 0 Å². The van der Waals surface area contributed by atoms with Crippen LogP contribution in [0.3, 0.4) is 0 Å². The first kappa shape index (κ1) is 7.09. The number of rotatable bonds is 2. The highest BCUT2D eigenvalue weighted by atomic mass is 127. The van der Waals surface area contributed by atoms with Crippen LogP contribution in [0.15, 0.2) is 0 Å². The van der Waals surface area contributed by atoms with Crippen molar-refractivity contribution in [3.05, 3.63) is 10.1 Å². The van der Waals surface area contributed by atoms with Crippen LogP contribution in [0, 0.1) is 10.1 Å². The topological polar surface area (TPSA) is 63.4 Å². The van der Waals surface area contributed by atoms with Crippen molar-refractivity contribution in [1.29, 1.82) is 0 Å². The number of nitrogens with zero attached hydrogens (tertiary/aromatic N) is 1. The van der Waals surface area contributed by atoms with Gasteiger partial charge in [0.1, 0.15) is 0 Å². The van der Waals surface area contributed by atoms with Crippen LogP contribution >= 0.6 is 22.6 Å². The summed E-state index contributed by atoms with van der Waals surface area (Å²) in [6, 6.07) is 0. The molecule has 0 aromatic heterocycles. The third-order valence-corrected chi connectivity index (χ3v) is 0.694. The maximum Gasteiger partial charge on any atom is 0.238 e. The minimum absolute atomic E-state index is 0.374. The largest absolute Gasteiger partial charge is 0.376 e. The fourth-order valence-corrected chi connectivity index (χ4v) is 0.445. The number of alkyl halides is 1. The van der Waals surface area contributed by atoms with E-state index in [1.54, 1.807) is 22.6 Å². The van der Waals surface area contributed by atoms with Crippen molar-refractivity contribution in [2.24, 2.45) is 0 Å². The van der Waals surface area contributed by atoms with E-state index in [1.165, 1.54) is 0 Å². The van der Waals surface area contributed by atoms with Crippen molar-refractivity contribution in [2.45, 2.75) is 4.11 Å². The van der Waals surface area contributed by atoms with Crippen molar-refractivity contribution >= 4 is 22.6 Å². The smallest absolute Gasteiger partial charge is 0.238 e. The molecule has 0 saturated carbocycles. The van der Waals surface area contributed by atoms with Gasteiger partial charge in [0, 0.05) is 4.92 Å². The normalized spacial score (nSPS) is 13.4. The van der Waals surface area contributed by atoms with E-state index in [0.717, 1.165) is 0 Å². The van der Waals surface area contributed by atoms with Crippen LogP contribution < -0.4 is 0 Å². The number of aliphatic hydroxyl groups is 1. The van der Waals surface area contributed by atoms with Gasteiger partial charge >= 0.3 is 0 Å². The molecule has 5 heteroatoms. The van der Waals surface area contributed by atoms with Crippen molar-refractivity contribution in [2.75, 3.05) is 6.54 Å². The van der Waals surface area contributed by atoms with Crippen LogP contribution in [-0.4, -0.2) is 20.7 Å². The van der Waals surface area contributed by atoms with Crippen LogP contribution in [0.5, 0.6) is 0 Å². The van der Waals surface area contributed by atoms with Gasteiger partial charge in [-0.3, -0.25) is 10.1 Å². The van der Waals surface area contributed by atoms with Gasteiger partial charge in [-0.25, -0.2) is 0 Å². The molecule has 0 radical (unpaired) electrons. The zero-order valence-electron chi connectivity index (χ0n) is 3.37. The van der Waals surface area contributed by atoms with Gasteiger partial charge in [-0.05, 0) is 22.6 Å². The van der Waals surface area contributed by atoms with Crippen LogP contribution in [0.25, 0.3) is 0 Å². The monoisotopic (exact) mass is 217 g/mol. The highest BCUT2D eigenvalue weighted by Crippen LogP contribution is 1.92. The minimum atomic E-state index is -0.854. The average Bonchev–Trinajstić information content (AvgIpc) is 1.27. The van der Waals surface area contributed by atoms with Crippen LogP contribution in [0.4, 0.5) is 0 Å². The summed E-state index contributed by atoms with van der Waals surface area (Å²) in [5.74, 6) is 0. The second-order valence-electron chi connectivity index (χ2n) is 0.950. The lowest BCUT2D eigenvalue weighted by molar-refractivity contribution is -0.484. The molecular weight excluding hydrogens is 213 g/mol. The van der Waals surface area contributed by atoms with Gasteiger partial charge in [0.2, 0.25) is 6.54 Å². The van der Waals surface area contributed by atoms with Gasteiger partial charge in [0.25, 0.3) is 0 Å². The molecule has 0 aliphatic carbocycles. The molecule has 7 heavy (non-hydrogen) atoms. The summed E-state index contributed by atoms with van der Waals surface area (Å²) in [6.45, 7) is -0.374. The Hall–Kier alpha value is 0.0900. The maximum absolute atomic E-state index is 9.45. The molecule has 0 aliphatic heterocycles. The highest BCUT2D eigenvalue weighted by molar-refractivity contribution is 14.1. The summed E-state index contributed by atoms with van der Waals surface area (Å²) in [4.78, 5) is 8.89. The minimum Gasteiger partial charge on any atom is -0.376 e. The Morgan fingerprint density at radius 2 is 2.43 bits per heavy atom. The molecule has 0 rings (SSSR count). The summed E-state index contributed by atoms with van der Waals surface area (Å²) in [5.41, 5.74) is 0. The van der Waals surface area contributed by atoms with E-state index >= 15 is 0 Å². The van der Waals surface area contributed by atoms with E-state index < -0.39 is 9.03 Å². The van der Waals surface area contributed by atoms with E-state index in [4.69, 9.17) is 5.11 Å². The number of hydrogen-bond acceptors (Lipinski definition) is 3. The molecule has 0 bridgehead atoms. The van der Waals surface area contributed by atoms with Gasteiger partial charge in [-0.1, -0.05) is 0 Å². The molecular formula is C2H4INO3. The Labute approximate surface area is 53.8 Å². The lowest BCUT2D eigenvalue weighted by Gasteiger charge is -1.90. The second-order valence-corrected chi connectivity index (χ2v) is 2.39. The van der Waals surface area contributed by atoms with E-state index in [0.29, 0.717) is 0 Å². The highest BCUT2D eigenvalue weighted by Gasteiger charge is 2.03. The van der Waals surface area contributed by atoms with E-state index in [1.807, 2.05) is 0 Å². The van der Waals surface area contributed by atoms with Crippen molar-refractivity contribution in [3.63, 3.8) is 0 Å². The van der Waals surface area contributed by atoms with Gasteiger partial charge in [-0.2, -0.15) is 0 Å². The molecule has 0 fully saturated rings. The summed E-state index contributed by atoms with van der Waals surface area (Å²) in [7, 11) is 0. The Bertz CT molecular complexity index is 73.3. The lowest BCUT2D eigenvalue weighted by Crippen LogP contribution is -2.11. The third kappa shape index (κ3) is 6.09. The SMILES string of the molecule is O=[N+]([O-])CC(O)I. The van der Waals surface area contributed by atoms with Crippen molar-refractivity contribution < 1.29 is 10.0 Å². The first-order valence-corrected chi connectivity index (χ1v) is 2.81. The molecule has 0 aromatic rings. The molecule has 4 nitrogen and oxygen atoms in total. The fourth-order valence-electron chi connectivity index (χ4n) is 0.123. The summed E-state index contributed by atoms with van der Waals surface area (Å²) < 4.78 is -0.854. The molecule has 1 unspecified atom stereocenters. The third-order valence-electron chi connectivity index (χ3n) is 0.300. The number of hydrogen-bond donors (Lipinski definition) is 1. The standard InChI is InChI=1S/C2H4INO3/c3-2(5)1-4(6)7/h2,5H,1H2. The molecule has 0 spiro atoms. The quantitative estimate of drug-likeness (QED) is 0.307. The number of nitro groups is 1. The fraction of sp³-hybridized carbons (Fsp3) is 1.00. The second kappa shape index (κ2) is 3.14. The van der Waals surface area contributed by atoms with Crippen molar-refractivity contribution in [1.82, 2.24) is 0 Å². The Balaban J connectivity index is 3.13.